The molecule has 0 amide bonds. The van der Waals surface area contributed by atoms with Crippen LogP contribution in [-0.2, 0) is 19.6 Å². The molecule has 162 valence electrons. The van der Waals surface area contributed by atoms with E-state index in [9.17, 15) is 18.0 Å². The summed E-state index contributed by atoms with van der Waals surface area (Å²) in [5, 5.41) is 1.73. The third-order valence-electron chi connectivity index (χ3n) is 4.69. The molecule has 0 aliphatic carbocycles. The molecule has 3 rings (SSSR count). The number of nitrogens with one attached hydrogen (secondary N) is 2. The van der Waals surface area contributed by atoms with Crippen LogP contribution in [0.3, 0.4) is 0 Å². The van der Waals surface area contributed by atoms with Crippen molar-refractivity contribution >= 4 is 38.8 Å². The van der Waals surface area contributed by atoms with E-state index in [0.29, 0.717) is 11.1 Å². The van der Waals surface area contributed by atoms with E-state index in [1.165, 1.54) is 6.08 Å². The molecule has 1 atom stereocenters. The van der Waals surface area contributed by atoms with Crippen molar-refractivity contribution in [3.63, 3.8) is 0 Å². The second-order valence-corrected chi connectivity index (χ2v) is 8.97. The highest BCUT2D eigenvalue weighted by Gasteiger charge is 2.28. The minimum Gasteiger partial charge on any atom is -0.456 e. The summed E-state index contributed by atoms with van der Waals surface area (Å²) >= 11 is 0. The quantitative estimate of drug-likeness (QED) is 0.391. The van der Waals surface area contributed by atoms with Crippen molar-refractivity contribution in [2.75, 3.05) is 6.61 Å². The fourth-order valence-corrected chi connectivity index (χ4v) is 4.15. The number of carbonyl (C=O) groups excluding carboxylic acids is 2. The smallest absolute Gasteiger partial charge is 0.324 e. The lowest BCUT2D eigenvalue weighted by Crippen LogP contribution is -2.44. The molecule has 1 unspecified atom stereocenters. The van der Waals surface area contributed by atoms with Crippen LogP contribution in [0.15, 0.2) is 66.2 Å². The zero-order chi connectivity index (χ0) is 22.4. The van der Waals surface area contributed by atoms with Gasteiger partial charge >= 0.3 is 5.97 Å². The summed E-state index contributed by atoms with van der Waals surface area (Å²) in [4.78, 5) is 28.1. The molecular formula is C23H24N2O5S. The lowest BCUT2D eigenvalue weighted by molar-refractivity contribution is -0.145. The molecule has 0 fully saturated rings. The molecule has 0 aliphatic heterocycles. The van der Waals surface area contributed by atoms with Gasteiger partial charge in [0, 0.05) is 28.1 Å². The van der Waals surface area contributed by atoms with Crippen molar-refractivity contribution in [1.29, 1.82) is 0 Å². The molecule has 2 aromatic carbocycles. The number of rotatable bonds is 9. The number of aromatic nitrogens is 1. The van der Waals surface area contributed by atoms with E-state index >= 15 is 0 Å². The van der Waals surface area contributed by atoms with Crippen LogP contribution in [0.4, 0.5) is 0 Å². The first-order chi connectivity index (χ1) is 14.8. The lowest BCUT2D eigenvalue weighted by atomic mass is 10.1. The fraction of sp³-hybridized carbons (Fsp3) is 0.217. The normalized spacial score (nSPS) is 13.0. The molecule has 31 heavy (non-hydrogen) atoms. The van der Waals surface area contributed by atoms with Gasteiger partial charge in [-0.3, -0.25) is 9.59 Å². The summed E-state index contributed by atoms with van der Waals surface area (Å²) in [5.74, 6) is -1.56. The van der Waals surface area contributed by atoms with Gasteiger partial charge in [-0.15, -0.1) is 0 Å². The summed E-state index contributed by atoms with van der Waals surface area (Å²) < 4.78 is 32.3. The van der Waals surface area contributed by atoms with Crippen molar-refractivity contribution in [3.05, 3.63) is 77.3 Å². The number of hydrogen-bond acceptors (Lipinski definition) is 5. The topological polar surface area (TPSA) is 105 Å². The molecule has 7 nitrogen and oxygen atoms in total. The van der Waals surface area contributed by atoms with Gasteiger partial charge in [0.1, 0.15) is 6.04 Å². The Morgan fingerprint density at radius 1 is 1.06 bits per heavy atom. The highest BCUT2D eigenvalue weighted by Crippen LogP contribution is 2.18. The van der Waals surface area contributed by atoms with Crippen LogP contribution in [0.2, 0.25) is 0 Å². The summed E-state index contributed by atoms with van der Waals surface area (Å²) in [6.07, 6.45) is 3.00. The number of sulfonamides is 1. The first-order valence-electron chi connectivity index (χ1n) is 9.78. The third-order valence-corrected chi connectivity index (χ3v) is 5.76. The Balaban J connectivity index is 1.65. The molecule has 1 heterocycles. The SMILES string of the molecule is CC(C)C(NS(=O)(=O)/C=C/c1ccccc1)C(=O)OCC(=O)c1c[nH]c2ccccc12. The molecule has 0 aliphatic rings. The van der Waals surface area contributed by atoms with Gasteiger partial charge in [-0.1, -0.05) is 62.4 Å². The Labute approximate surface area is 181 Å². The van der Waals surface area contributed by atoms with E-state index < -0.39 is 28.6 Å². The summed E-state index contributed by atoms with van der Waals surface area (Å²) in [6, 6.07) is 15.1. The zero-order valence-electron chi connectivity index (χ0n) is 17.2. The number of para-hydroxylation sites is 1. The number of esters is 1. The maximum atomic E-state index is 12.5. The van der Waals surface area contributed by atoms with E-state index in [1.807, 2.05) is 24.3 Å². The Morgan fingerprint density at radius 2 is 1.74 bits per heavy atom. The average Bonchev–Trinajstić information content (AvgIpc) is 3.19. The highest BCUT2D eigenvalue weighted by molar-refractivity contribution is 7.92. The molecule has 3 aromatic rings. The number of H-pyrrole nitrogens is 1. The van der Waals surface area contributed by atoms with Gasteiger partial charge in [-0.25, -0.2) is 8.42 Å². The van der Waals surface area contributed by atoms with Gasteiger partial charge in [0.15, 0.2) is 6.61 Å². The number of hydrogen-bond donors (Lipinski definition) is 2. The van der Waals surface area contributed by atoms with Crippen molar-refractivity contribution in [2.45, 2.75) is 19.9 Å². The average molecular weight is 441 g/mol. The molecule has 0 radical (unpaired) electrons. The predicted octanol–water partition coefficient (Wildman–Crippen LogP) is 3.51. The number of carbonyl (C=O) groups is 2. The van der Waals surface area contributed by atoms with E-state index in [2.05, 4.69) is 9.71 Å². The number of ether oxygens (including phenoxy) is 1. The van der Waals surface area contributed by atoms with Crippen molar-refractivity contribution < 1.29 is 22.7 Å². The largest absolute Gasteiger partial charge is 0.456 e. The van der Waals surface area contributed by atoms with E-state index in [-0.39, 0.29) is 11.7 Å². The molecule has 0 saturated heterocycles. The minimum absolute atomic E-state index is 0.375. The summed E-state index contributed by atoms with van der Waals surface area (Å²) in [5.41, 5.74) is 1.92. The van der Waals surface area contributed by atoms with Gasteiger partial charge in [0.25, 0.3) is 0 Å². The zero-order valence-corrected chi connectivity index (χ0v) is 18.1. The van der Waals surface area contributed by atoms with Crippen molar-refractivity contribution in [1.82, 2.24) is 9.71 Å². The van der Waals surface area contributed by atoms with Gasteiger partial charge in [0.05, 0.1) is 0 Å². The molecule has 0 spiro atoms. The van der Waals surface area contributed by atoms with Crippen LogP contribution in [0.1, 0.15) is 29.8 Å². The Kier molecular flexibility index (Phi) is 7.04. The Hall–Kier alpha value is -3.23. The fourth-order valence-electron chi connectivity index (χ4n) is 3.01. The number of ketones is 1. The maximum Gasteiger partial charge on any atom is 0.324 e. The van der Waals surface area contributed by atoms with E-state index in [1.54, 1.807) is 50.4 Å². The number of Topliss-reactive ketones (excluding diaryl/α,β-unsaturated/α-hetero) is 1. The second-order valence-electron chi connectivity index (χ2n) is 7.38. The number of fused-ring (bicyclic) bond motifs is 1. The minimum atomic E-state index is -3.90. The number of aromatic amines is 1. The third kappa shape index (κ3) is 5.90. The van der Waals surface area contributed by atoms with Crippen LogP contribution in [-0.4, -0.2) is 37.8 Å². The Morgan fingerprint density at radius 3 is 2.45 bits per heavy atom. The van der Waals surface area contributed by atoms with Gasteiger partial charge in [-0.05, 0) is 23.6 Å². The first-order valence-corrected chi connectivity index (χ1v) is 11.3. The molecule has 0 bridgehead atoms. The van der Waals surface area contributed by atoms with Crippen LogP contribution in [0.5, 0.6) is 0 Å². The van der Waals surface area contributed by atoms with Gasteiger partial charge in [-0.2, -0.15) is 4.72 Å². The highest BCUT2D eigenvalue weighted by atomic mass is 32.2. The number of benzene rings is 2. The molecule has 1 aromatic heterocycles. The molecule has 0 saturated carbocycles. The second kappa shape index (κ2) is 9.72. The molecule has 8 heteroatoms. The standard InChI is InChI=1S/C23H24N2O5S/c1-16(2)22(25-31(28,29)13-12-17-8-4-3-5-9-17)23(27)30-15-21(26)19-14-24-20-11-7-6-10-18(19)20/h3-14,16,22,24-25H,15H2,1-2H3/b13-12+. The van der Waals surface area contributed by atoms with Crippen LogP contribution < -0.4 is 4.72 Å². The van der Waals surface area contributed by atoms with Gasteiger partial charge in [0.2, 0.25) is 15.8 Å². The van der Waals surface area contributed by atoms with Crippen LogP contribution in [0, 0.1) is 5.92 Å². The van der Waals surface area contributed by atoms with E-state index in [4.69, 9.17) is 4.74 Å². The molecule has 2 N–H and O–H groups in total. The lowest BCUT2D eigenvalue weighted by Gasteiger charge is -2.19. The monoisotopic (exact) mass is 440 g/mol. The molecular weight excluding hydrogens is 416 g/mol. The predicted molar refractivity (Wildman–Crippen MR) is 120 cm³/mol. The van der Waals surface area contributed by atoms with Crippen LogP contribution >= 0.6 is 0 Å². The summed E-state index contributed by atoms with van der Waals surface area (Å²) in [6.45, 7) is 2.90. The first kappa shape index (κ1) is 22.5. The summed E-state index contributed by atoms with van der Waals surface area (Å²) in [7, 11) is -3.90. The van der Waals surface area contributed by atoms with Crippen molar-refractivity contribution in [3.8, 4) is 0 Å². The Bertz CT molecular complexity index is 1200. The van der Waals surface area contributed by atoms with Crippen molar-refractivity contribution in [2.24, 2.45) is 5.92 Å². The van der Waals surface area contributed by atoms with Crippen LogP contribution in [0.25, 0.3) is 17.0 Å². The van der Waals surface area contributed by atoms with Gasteiger partial charge < -0.3 is 9.72 Å². The van der Waals surface area contributed by atoms with E-state index in [0.717, 1.165) is 16.3 Å². The maximum absolute atomic E-state index is 12.5.